The molecule has 1 atom stereocenters. The number of benzene rings is 1. The van der Waals surface area contributed by atoms with Crippen LogP contribution in [0.15, 0.2) is 46.7 Å². The van der Waals surface area contributed by atoms with Gasteiger partial charge < -0.3 is 5.32 Å². The van der Waals surface area contributed by atoms with E-state index in [4.69, 9.17) is 11.6 Å². The van der Waals surface area contributed by atoms with E-state index >= 15 is 0 Å². The van der Waals surface area contributed by atoms with Gasteiger partial charge in [-0.25, -0.2) is 0 Å². The summed E-state index contributed by atoms with van der Waals surface area (Å²) in [4.78, 5) is 2.86. The Balaban J connectivity index is 1.70. The predicted octanol–water partition coefficient (Wildman–Crippen LogP) is 4.28. The zero-order chi connectivity index (χ0) is 16.8. The van der Waals surface area contributed by atoms with Gasteiger partial charge in [0.25, 0.3) is 0 Å². The molecule has 7 heteroatoms. The van der Waals surface area contributed by atoms with Gasteiger partial charge in [-0.15, -0.1) is 26.8 Å². The Bertz CT molecular complexity index is 740. The van der Waals surface area contributed by atoms with Crippen LogP contribution >= 0.6 is 23.4 Å². The molecule has 0 spiro atoms. The normalized spacial score (nSPS) is 15.3. The second kappa shape index (κ2) is 8.46. The van der Waals surface area contributed by atoms with Crippen LogP contribution in [0.5, 0.6) is 0 Å². The number of hydrogen-bond acceptors (Lipinski definition) is 5. The zero-order valence-electron chi connectivity index (χ0n) is 13.5. The monoisotopic (exact) mass is 361 g/mol. The molecular formula is C17H20ClN5S. The van der Waals surface area contributed by atoms with Gasteiger partial charge in [-0.1, -0.05) is 43.2 Å². The molecule has 0 saturated heterocycles. The highest BCUT2D eigenvalue weighted by Gasteiger charge is 2.17. The zero-order valence-corrected chi connectivity index (χ0v) is 15.1. The first-order chi connectivity index (χ1) is 11.8. The summed E-state index contributed by atoms with van der Waals surface area (Å²) in [5.41, 5.74) is 0.812. The van der Waals surface area contributed by atoms with Crippen molar-refractivity contribution in [2.45, 2.75) is 32.2 Å². The minimum atomic E-state index is 0.0929. The predicted molar refractivity (Wildman–Crippen MR) is 99.2 cm³/mol. The Morgan fingerprint density at radius 3 is 3.08 bits per heavy atom. The highest BCUT2D eigenvalue weighted by Crippen LogP contribution is 2.23. The summed E-state index contributed by atoms with van der Waals surface area (Å²) in [6.07, 6.45) is 7.43. The summed E-state index contributed by atoms with van der Waals surface area (Å²) in [6, 6.07) is 7.53. The van der Waals surface area contributed by atoms with Gasteiger partial charge in [-0.3, -0.25) is 0 Å². The Hall–Kier alpha value is -1.63. The Labute approximate surface area is 151 Å². The van der Waals surface area contributed by atoms with E-state index in [0.717, 1.165) is 31.5 Å². The number of hydrogen-bond donors (Lipinski definition) is 1. The molecule has 126 valence electrons. The van der Waals surface area contributed by atoms with Gasteiger partial charge in [0.2, 0.25) is 0 Å². The summed E-state index contributed by atoms with van der Waals surface area (Å²) in [5, 5.41) is 19.3. The minimum Gasteiger partial charge on any atom is -0.303 e. The van der Waals surface area contributed by atoms with Crippen LogP contribution in [0.3, 0.4) is 0 Å². The third-order valence-corrected chi connectivity index (χ3v) is 4.85. The maximum absolute atomic E-state index is 6.03. The van der Waals surface area contributed by atoms with E-state index in [9.17, 15) is 0 Å². The van der Waals surface area contributed by atoms with E-state index in [0.29, 0.717) is 10.8 Å². The third kappa shape index (κ3) is 4.47. The summed E-state index contributed by atoms with van der Waals surface area (Å²) >= 11 is 7.80. The first-order valence-electron chi connectivity index (χ1n) is 8.06. The smallest absolute Gasteiger partial charge is 0.192 e. The lowest BCUT2D eigenvalue weighted by molar-refractivity contribution is 0.493. The molecule has 24 heavy (non-hydrogen) atoms. The number of thioether (sulfide) groups is 1. The first-order valence-corrected chi connectivity index (χ1v) is 9.32. The molecule has 1 unspecified atom stereocenters. The number of nitrogens with zero attached hydrogens (tertiary/aromatic N) is 4. The van der Waals surface area contributed by atoms with E-state index in [1.165, 1.54) is 9.70 Å². The van der Waals surface area contributed by atoms with Crippen LogP contribution in [0, 0.1) is 0 Å². The molecule has 1 aliphatic heterocycles. The lowest BCUT2D eigenvalue weighted by atomic mass is 10.1. The molecule has 1 aliphatic rings. The SMILES string of the molecule is CCCC(NCC1=CCC=CS1)c1nnn(-c2cccc(Cl)c2)n1. The topological polar surface area (TPSA) is 55.6 Å². The molecule has 0 fully saturated rings. The van der Waals surface area contributed by atoms with Crippen molar-refractivity contribution in [3.8, 4) is 5.69 Å². The van der Waals surface area contributed by atoms with Crippen LogP contribution < -0.4 is 5.32 Å². The molecule has 5 nitrogen and oxygen atoms in total. The second-order valence-electron chi connectivity index (χ2n) is 5.53. The van der Waals surface area contributed by atoms with E-state index in [1.807, 2.05) is 24.3 Å². The fourth-order valence-corrected chi connectivity index (χ4v) is 3.39. The average Bonchev–Trinajstić information content (AvgIpc) is 3.09. The molecule has 1 N–H and O–H groups in total. The molecule has 2 aromatic rings. The van der Waals surface area contributed by atoms with Gasteiger partial charge in [0.05, 0.1) is 11.7 Å². The van der Waals surface area contributed by atoms with Gasteiger partial charge in [-0.05, 0) is 46.6 Å². The minimum absolute atomic E-state index is 0.0929. The Kier molecular flexibility index (Phi) is 6.07. The van der Waals surface area contributed by atoms with Crippen molar-refractivity contribution in [1.82, 2.24) is 25.5 Å². The highest BCUT2D eigenvalue weighted by molar-refractivity contribution is 8.05. The number of rotatable bonds is 7. The van der Waals surface area contributed by atoms with Gasteiger partial charge in [0, 0.05) is 11.6 Å². The molecule has 0 amide bonds. The molecule has 1 aromatic carbocycles. The Morgan fingerprint density at radius 2 is 2.33 bits per heavy atom. The number of halogens is 1. The van der Waals surface area contributed by atoms with Crippen LogP contribution in [-0.4, -0.2) is 26.8 Å². The van der Waals surface area contributed by atoms with Crippen LogP contribution in [0.2, 0.25) is 5.02 Å². The fourth-order valence-electron chi connectivity index (χ4n) is 2.46. The van der Waals surface area contributed by atoms with Crippen molar-refractivity contribution in [3.05, 3.63) is 57.6 Å². The van der Waals surface area contributed by atoms with Crippen molar-refractivity contribution in [2.24, 2.45) is 0 Å². The summed E-state index contributed by atoms with van der Waals surface area (Å²) in [5.74, 6) is 0.716. The quantitative estimate of drug-likeness (QED) is 0.797. The maximum atomic E-state index is 6.03. The van der Waals surface area contributed by atoms with E-state index < -0.39 is 0 Å². The summed E-state index contributed by atoms with van der Waals surface area (Å²) < 4.78 is 0. The Morgan fingerprint density at radius 1 is 1.42 bits per heavy atom. The van der Waals surface area contributed by atoms with Crippen molar-refractivity contribution in [1.29, 1.82) is 0 Å². The fraction of sp³-hybridized carbons (Fsp3) is 0.353. The van der Waals surface area contributed by atoms with E-state index in [-0.39, 0.29) is 6.04 Å². The lowest BCUT2D eigenvalue weighted by Crippen LogP contribution is -2.24. The molecule has 0 saturated carbocycles. The maximum Gasteiger partial charge on any atom is 0.192 e. The number of tetrazole rings is 1. The number of aromatic nitrogens is 4. The average molecular weight is 362 g/mol. The van der Waals surface area contributed by atoms with Gasteiger partial charge in [0.1, 0.15) is 0 Å². The van der Waals surface area contributed by atoms with Crippen LogP contribution in [0.1, 0.15) is 38.1 Å². The molecule has 1 aromatic heterocycles. The highest BCUT2D eigenvalue weighted by atomic mass is 35.5. The van der Waals surface area contributed by atoms with Crippen molar-refractivity contribution in [3.63, 3.8) is 0 Å². The molecule has 0 aliphatic carbocycles. The van der Waals surface area contributed by atoms with Gasteiger partial charge >= 0.3 is 0 Å². The standard InChI is InChI=1S/C17H20ClN5S/c1-2-6-16(19-12-15-9-3-4-10-24-15)17-20-22-23(21-17)14-8-5-7-13(18)11-14/h4-5,7-11,16,19H,2-3,6,12H2,1H3. The van der Waals surface area contributed by atoms with Crippen molar-refractivity contribution < 1.29 is 0 Å². The number of nitrogens with one attached hydrogen (secondary N) is 1. The van der Waals surface area contributed by atoms with Gasteiger partial charge in [0.15, 0.2) is 5.82 Å². The van der Waals surface area contributed by atoms with Crippen molar-refractivity contribution in [2.75, 3.05) is 6.54 Å². The molecular weight excluding hydrogens is 342 g/mol. The largest absolute Gasteiger partial charge is 0.303 e. The van der Waals surface area contributed by atoms with Crippen molar-refractivity contribution >= 4 is 23.4 Å². The van der Waals surface area contributed by atoms with E-state index in [2.05, 4.69) is 45.2 Å². The van der Waals surface area contributed by atoms with E-state index in [1.54, 1.807) is 11.8 Å². The molecule has 3 rings (SSSR count). The third-order valence-electron chi connectivity index (χ3n) is 3.68. The molecule has 0 bridgehead atoms. The van der Waals surface area contributed by atoms with Crippen LogP contribution in [-0.2, 0) is 0 Å². The summed E-state index contributed by atoms with van der Waals surface area (Å²) in [6.45, 7) is 2.98. The molecule has 2 heterocycles. The first kappa shape index (κ1) is 17.2. The molecule has 0 radical (unpaired) electrons. The second-order valence-corrected chi connectivity index (χ2v) is 7.00. The van der Waals surface area contributed by atoms with Crippen LogP contribution in [0.25, 0.3) is 5.69 Å². The summed E-state index contributed by atoms with van der Waals surface area (Å²) in [7, 11) is 0. The van der Waals surface area contributed by atoms with Gasteiger partial charge in [-0.2, -0.15) is 0 Å². The number of allylic oxidation sites excluding steroid dienone is 2. The van der Waals surface area contributed by atoms with Crippen LogP contribution in [0.4, 0.5) is 0 Å². The lowest BCUT2D eigenvalue weighted by Gasteiger charge is -2.16.